The van der Waals surface area contributed by atoms with E-state index in [1.54, 1.807) is 48.5 Å². The zero-order chi connectivity index (χ0) is 24.8. The Kier molecular flexibility index (Phi) is 6.36. The number of hydrogen-bond donors (Lipinski definition) is 5. The third-order valence-corrected chi connectivity index (χ3v) is 4.73. The minimum atomic E-state index is -0.679. The summed E-state index contributed by atoms with van der Waals surface area (Å²) < 4.78 is 0. The SMILES string of the molecule is O=c1cc(-c2ccc(-c3nn[nH]n3)cc2)[nH][nH]c1=O.[C-]#[N+]c1ccc(-c2cc(=O)c(=O)[nH][nH]2)cc1. The predicted octanol–water partition coefficient (Wildman–Crippen LogP) is 1.19. The molecule has 3 aromatic heterocycles. The Morgan fingerprint density at radius 1 is 0.657 bits per heavy atom. The van der Waals surface area contributed by atoms with Gasteiger partial charge in [-0.05, 0) is 16.3 Å². The summed E-state index contributed by atoms with van der Waals surface area (Å²) in [4.78, 5) is 47.5. The number of rotatable bonds is 3. The average molecular weight is 469 g/mol. The second-order valence-corrected chi connectivity index (χ2v) is 6.97. The van der Waals surface area contributed by atoms with Crippen LogP contribution in [0.15, 0.2) is 79.8 Å². The molecule has 5 rings (SSSR count). The van der Waals surface area contributed by atoms with E-state index in [4.69, 9.17) is 6.57 Å². The predicted molar refractivity (Wildman–Crippen MR) is 126 cm³/mol. The van der Waals surface area contributed by atoms with Crippen molar-refractivity contribution in [2.75, 3.05) is 0 Å². The van der Waals surface area contributed by atoms with Crippen molar-refractivity contribution in [3.05, 3.63) is 113 Å². The van der Waals surface area contributed by atoms with Crippen LogP contribution in [0, 0.1) is 6.57 Å². The molecule has 0 aliphatic heterocycles. The van der Waals surface area contributed by atoms with Crippen LogP contribution in [0.4, 0.5) is 5.69 Å². The highest BCUT2D eigenvalue weighted by molar-refractivity contribution is 5.64. The van der Waals surface area contributed by atoms with Gasteiger partial charge in [-0.15, -0.1) is 10.2 Å². The standard InChI is InChI=1S/C11H8N6O2.C11H7N3O2/c18-9-5-8(12-15-11(9)19)6-1-3-7(4-2-6)10-13-16-17-14-10;1-12-8-4-2-7(3-5-8)9-6-10(15)11(16)14-13-9/h1-5H,(H,12,18)(H,15,19)(H,13,14,16,17);2-6H,(H,13,15)(H,14,16). The van der Waals surface area contributed by atoms with Crippen LogP contribution >= 0.6 is 0 Å². The maximum absolute atomic E-state index is 11.3. The zero-order valence-electron chi connectivity index (χ0n) is 17.7. The lowest BCUT2D eigenvalue weighted by atomic mass is 10.1. The second-order valence-electron chi connectivity index (χ2n) is 6.97. The molecule has 0 saturated heterocycles. The van der Waals surface area contributed by atoms with E-state index in [0.717, 1.165) is 16.7 Å². The molecular weight excluding hydrogens is 454 g/mol. The van der Waals surface area contributed by atoms with Crippen LogP contribution < -0.4 is 22.0 Å². The normalized spacial score (nSPS) is 10.1. The summed E-state index contributed by atoms with van der Waals surface area (Å²) in [5.74, 6) is 0.488. The molecule has 0 aliphatic carbocycles. The summed E-state index contributed by atoms with van der Waals surface area (Å²) in [7, 11) is 0. The Morgan fingerprint density at radius 2 is 1.14 bits per heavy atom. The van der Waals surface area contributed by atoms with Gasteiger partial charge in [0.25, 0.3) is 0 Å². The minimum absolute atomic E-state index is 0.488. The lowest BCUT2D eigenvalue weighted by Gasteiger charge is -2.01. The highest BCUT2D eigenvalue weighted by Gasteiger charge is 2.05. The molecule has 0 fully saturated rings. The molecule has 35 heavy (non-hydrogen) atoms. The van der Waals surface area contributed by atoms with Gasteiger partial charge in [0.1, 0.15) is 0 Å². The first-order valence-corrected chi connectivity index (χ1v) is 9.91. The van der Waals surface area contributed by atoms with Crippen LogP contribution in [-0.4, -0.2) is 41.0 Å². The third-order valence-electron chi connectivity index (χ3n) is 4.73. The van der Waals surface area contributed by atoms with Gasteiger partial charge in [-0.1, -0.05) is 48.5 Å². The van der Waals surface area contributed by atoms with Gasteiger partial charge in [-0.3, -0.25) is 39.6 Å². The van der Waals surface area contributed by atoms with E-state index in [1.165, 1.54) is 12.1 Å². The average Bonchev–Trinajstić information content (AvgIpc) is 3.43. The quantitative estimate of drug-likeness (QED) is 0.194. The fraction of sp³-hybridized carbons (Fsp3) is 0. The topological polar surface area (TPSA) is 190 Å². The largest absolute Gasteiger partial charge is 0.310 e. The maximum atomic E-state index is 11.3. The Labute approximate surface area is 194 Å². The molecule has 13 nitrogen and oxygen atoms in total. The molecule has 0 unspecified atom stereocenters. The molecule has 3 heterocycles. The molecule has 0 radical (unpaired) electrons. The van der Waals surface area contributed by atoms with E-state index in [0.29, 0.717) is 22.9 Å². The number of H-pyrrole nitrogens is 5. The second kappa shape index (κ2) is 9.88. The molecule has 0 atom stereocenters. The smallest absolute Gasteiger partial charge is 0.297 e. The molecule has 0 bridgehead atoms. The molecule has 5 N–H and O–H groups in total. The van der Waals surface area contributed by atoms with Crippen molar-refractivity contribution in [1.29, 1.82) is 0 Å². The Morgan fingerprint density at radius 3 is 1.57 bits per heavy atom. The van der Waals surface area contributed by atoms with Gasteiger partial charge in [0.05, 0.1) is 18.0 Å². The van der Waals surface area contributed by atoms with Gasteiger partial charge in [0.2, 0.25) is 16.7 Å². The highest BCUT2D eigenvalue weighted by Crippen LogP contribution is 2.20. The van der Waals surface area contributed by atoms with E-state index >= 15 is 0 Å². The molecule has 13 heteroatoms. The van der Waals surface area contributed by atoms with Crippen molar-refractivity contribution >= 4 is 5.69 Å². The summed E-state index contributed by atoms with van der Waals surface area (Å²) in [5.41, 5.74) is 1.33. The van der Waals surface area contributed by atoms with E-state index in [2.05, 4.69) is 45.9 Å². The summed E-state index contributed by atoms with van der Waals surface area (Å²) in [6.07, 6.45) is 0. The molecule has 0 saturated carbocycles. The number of benzene rings is 2. The fourth-order valence-corrected chi connectivity index (χ4v) is 2.95. The fourth-order valence-electron chi connectivity index (χ4n) is 2.95. The number of hydrogen-bond acceptors (Lipinski definition) is 7. The van der Waals surface area contributed by atoms with Gasteiger partial charge in [0.15, 0.2) is 5.69 Å². The van der Waals surface area contributed by atoms with Crippen LogP contribution in [-0.2, 0) is 0 Å². The first-order valence-electron chi connectivity index (χ1n) is 9.91. The molecule has 5 aromatic rings. The van der Waals surface area contributed by atoms with Crippen molar-refractivity contribution in [3.63, 3.8) is 0 Å². The molecule has 172 valence electrons. The molecule has 0 aliphatic rings. The number of aromatic amines is 5. The number of tetrazole rings is 1. The summed E-state index contributed by atoms with van der Waals surface area (Å²) in [5, 5.41) is 23.4. The molecule has 0 spiro atoms. The van der Waals surface area contributed by atoms with Crippen LogP contribution in [0.25, 0.3) is 38.7 Å². The van der Waals surface area contributed by atoms with E-state index in [1.807, 2.05) is 0 Å². The van der Waals surface area contributed by atoms with E-state index in [-0.39, 0.29) is 0 Å². The lowest BCUT2D eigenvalue weighted by Crippen LogP contribution is -2.26. The molecule has 0 amide bonds. The van der Waals surface area contributed by atoms with Crippen LogP contribution in [0.5, 0.6) is 0 Å². The first-order chi connectivity index (χ1) is 16.9. The van der Waals surface area contributed by atoms with Gasteiger partial charge >= 0.3 is 11.1 Å². The molecule has 2 aromatic carbocycles. The Bertz CT molecular complexity index is 1720. The summed E-state index contributed by atoms with van der Waals surface area (Å²) in [6.45, 7) is 6.80. The lowest BCUT2D eigenvalue weighted by molar-refractivity contribution is 0.881. The minimum Gasteiger partial charge on any atom is -0.297 e. The van der Waals surface area contributed by atoms with Gasteiger partial charge in [-0.2, -0.15) is 5.21 Å². The highest BCUT2D eigenvalue weighted by atomic mass is 16.2. The molecular formula is C22H15N9O4. The Hall–Kier alpha value is -5.64. The zero-order valence-corrected chi connectivity index (χ0v) is 17.7. The van der Waals surface area contributed by atoms with Crippen LogP contribution in [0.3, 0.4) is 0 Å². The van der Waals surface area contributed by atoms with Crippen molar-refractivity contribution < 1.29 is 0 Å². The summed E-state index contributed by atoms with van der Waals surface area (Å²) >= 11 is 0. The number of nitrogens with zero attached hydrogens (tertiary/aromatic N) is 4. The van der Waals surface area contributed by atoms with Crippen molar-refractivity contribution in [3.8, 4) is 33.9 Å². The van der Waals surface area contributed by atoms with Crippen molar-refractivity contribution in [1.82, 2.24) is 41.0 Å². The number of aromatic nitrogens is 8. The van der Waals surface area contributed by atoms with Gasteiger partial charge < -0.3 is 0 Å². The van der Waals surface area contributed by atoms with Crippen LogP contribution in [0.2, 0.25) is 0 Å². The van der Waals surface area contributed by atoms with Crippen molar-refractivity contribution in [2.24, 2.45) is 0 Å². The first kappa shape index (κ1) is 22.6. The maximum Gasteiger partial charge on any atom is 0.310 e. The van der Waals surface area contributed by atoms with Crippen LogP contribution in [0.1, 0.15) is 0 Å². The van der Waals surface area contributed by atoms with Gasteiger partial charge in [0, 0.05) is 17.7 Å². The Balaban J connectivity index is 0.000000168. The van der Waals surface area contributed by atoms with Crippen molar-refractivity contribution in [2.45, 2.75) is 0 Å². The van der Waals surface area contributed by atoms with E-state index in [9.17, 15) is 19.2 Å². The van der Waals surface area contributed by atoms with Gasteiger partial charge in [-0.25, -0.2) is 4.85 Å². The number of nitrogens with one attached hydrogen (secondary N) is 5. The van der Waals surface area contributed by atoms with E-state index < -0.39 is 22.0 Å². The summed E-state index contributed by atoms with van der Waals surface area (Å²) in [6, 6.07) is 16.3. The monoisotopic (exact) mass is 469 g/mol. The third kappa shape index (κ3) is 5.23.